The molecule has 0 heterocycles. The van der Waals surface area contributed by atoms with Crippen LogP contribution in [0.5, 0.6) is 0 Å². The maximum absolute atomic E-state index is 13.8. The summed E-state index contributed by atoms with van der Waals surface area (Å²) >= 11 is 0. The van der Waals surface area contributed by atoms with Crippen molar-refractivity contribution in [2.75, 3.05) is 6.61 Å². The molecule has 0 fully saturated rings. The van der Waals surface area contributed by atoms with E-state index in [4.69, 9.17) is 0 Å². The fourth-order valence-electron chi connectivity index (χ4n) is 7.99. The Balaban J connectivity index is 5.02. The van der Waals surface area contributed by atoms with Gasteiger partial charge in [0.1, 0.15) is 0 Å². The number of carbonyl (C=O) groups excluding carboxylic acids is 3. The Labute approximate surface area is 365 Å². The molecule has 2 unspecified atom stereocenters. The number of ketones is 3. The highest BCUT2D eigenvalue weighted by Crippen LogP contribution is 2.32. The molecule has 0 saturated carbocycles. The van der Waals surface area contributed by atoms with E-state index in [1.807, 2.05) is 0 Å². The fraction of sp³-hybridized carbons (Fsp3) is 0.830. The van der Waals surface area contributed by atoms with Crippen LogP contribution in [0.25, 0.3) is 0 Å². The van der Waals surface area contributed by atoms with Crippen LogP contribution in [0.1, 0.15) is 265 Å². The van der Waals surface area contributed by atoms with Crippen LogP contribution in [-0.4, -0.2) is 50.5 Å². The minimum Gasteiger partial charge on any atom is -0.393 e. The quantitative estimate of drug-likeness (QED) is 0.0320. The zero-order valence-corrected chi connectivity index (χ0v) is 39.1. The lowest BCUT2D eigenvalue weighted by Crippen LogP contribution is -2.69. The fourth-order valence-corrected chi connectivity index (χ4v) is 7.99. The van der Waals surface area contributed by atoms with Crippen LogP contribution in [0.2, 0.25) is 0 Å². The lowest BCUT2D eigenvalue weighted by atomic mass is 9.71. The second-order valence-corrected chi connectivity index (χ2v) is 17.6. The summed E-state index contributed by atoms with van der Waals surface area (Å²) in [5, 5.41) is 34.0. The number of carbonyl (C=O) groups is 3. The Morgan fingerprint density at radius 2 is 0.610 bits per heavy atom. The van der Waals surface area contributed by atoms with Crippen molar-refractivity contribution in [2.24, 2.45) is 0 Å². The lowest BCUT2D eigenvalue weighted by molar-refractivity contribution is -0.194. The van der Waals surface area contributed by atoms with Gasteiger partial charge in [0.2, 0.25) is 5.60 Å². The highest BCUT2D eigenvalue weighted by molar-refractivity contribution is 6.16. The molecule has 0 radical (unpaired) electrons. The highest BCUT2D eigenvalue weighted by Gasteiger charge is 2.62. The van der Waals surface area contributed by atoms with E-state index in [-0.39, 0.29) is 19.3 Å². The van der Waals surface area contributed by atoms with Crippen molar-refractivity contribution in [3.8, 4) is 0 Å². The van der Waals surface area contributed by atoms with Crippen LogP contribution in [0.15, 0.2) is 36.5 Å². The van der Waals surface area contributed by atoms with Crippen molar-refractivity contribution in [1.29, 1.82) is 0 Å². The molecule has 0 aromatic carbocycles. The molecule has 0 aliphatic rings. The molecule has 6 heteroatoms. The van der Waals surface area contributed by atoms with E-state index in [1.165, 1.54) is 96.3 Å². The van der Waals surface area contributed by atoms with Gasteiger partial charge in [0.15, 0.2) is 23.0 Å². The second kappa shape index (κ2) is 41.5. The average Bonchev–Trinajstić information content (AvgIpc) is 3.24. The number of unbranched alkanes of at least 4 members (excludes halogenated alkanes) is 29. The van der Waals surface area contributed by atoms with Crippen molar-refractivity contribution in [3.63, 3.8) is 0 Å². The number of allylic oxidation sites excluding steroid dienone is 6. The minimum absolute atomic E-state index is 0.0887. The molecule has 0 bridgehead atoms. The van der Waals surface area contributed by atoms with E-state index in [1.54, 1.807) is 0 Å². The second-order valence-electron chi connectivity index (χ2n) is 17.6. The number of rotatable bonds is 46. The Kier molecular flexibility index (Phi) is 40.1. The molecular formula is C53H96O6. The van der Waals surface area contributed by atoms with E-state index >= 15 is 0 Å². The number of Topliss-reactive ketones (excluding diaryl/α,β-unsaturated/α-hetero) is 3. The average molecular weight is 829 g/mol. The molecular weight excluding hydrogens is 733 g/mol. The summed E-state index contributed by atoms with van der Waals surface area (Å²) in [5.41, 5.74) is -5.77. The van der Waals surface area contributed by atoms with Gasteiger partial charge in [-0.2, -0.15) is 0 Å². The van der Waals surface area contributed by atoms with Crippen molar-refractivity contribution >= 4 is 17.3 Å². The van der Waals surface area contributed by atoms with Crippen LogP contribution >= 0.6 is 0 Å². The van der Waals surface area contributed by atoms with E-state index in [2.05, 4.69) is 57.2 Å². The molecule has 6 nitrogen and oxygen atoms in total. The first-order chi connectivity index (χ1) is 28.8. The van der Waals surface area contributed by atoms with Gasteiger partial charge in [-0.3, -0.25) is 14.4 Å². The lowest BCUT2D eigenvalue weighted by Gasteiger charge is -2.39. The van der Waals surface area contributed by atoms with Gasteiger partial charge in [-0.1, -0.05) is 205 Å². The maximum atomic E-state index is 13.8. The Hall–Kier alpha value is -1.89. The van der Waals surface area contributed by atoms with E-state index in [0.717, 1.165) is 109 Å². The molecule has 0 rings (SSSR count). The number of aliphatic hydroxyl groups is 3. The number of aliphatic hydroxyl groups excluding tert-OH is 1. The van der Waals surface area contributed by atoms with Crippen LogP contribution in [0.4, 0.5) is 0 Å². The third kappa shape index (κ3) is 29.1. The van der Waals surface area contributed by atoms with Gasteiger partial charge in [-0.05, 0) is 77.0 Å². The van der Waals surface area contributed by atoms with E-state index in [0.29, 0.717) is 19.3 Å². The van der Waals surface area contributed by atoms with Crippen molar-refractivity contribution in [1.82, 2.24) is 0 Å². The Bertz CT molecular complexity index is 1080. The molecule has 0 aliphatic carbocycles. The normalized spacial score (nSPS) is 14.1. The topological polar surface area (TPSA) is 112 Å². The first-order valence-corrected chi connectivity index (χ1v) is 25.4. The molecule has 0 spiro atoms. The molecule has 2 atom stereocenters. The minimum atomic E-state index is -2.94. The molecule has 3 N–H and O–H groups in total. The molecule has 344 valence electrons. The standard InChI is InChI=1S/C53H96O6/c1-4-7-10-13-16-19-22-25-26-29-32-35-38-41-44-47-51(57)53(59,50(56)46-43-40-37-34-31-28-24-21-18-15-12-9-6-3)52(58,48-54)49(55)45-42-39-36-33-30-27-23-20-17-14-11-8-5-2/h16,19,21,24-26,54,58-59H,4-15,17-18,20,22-23,27-48H2,1-3H3/b19-16-,24-21-,26-25-. The largest absolute Gasteiger partial charge is 0.393 e. The summed E-state index contributed by atoms with van der Waals surface area (Å²) in [5.74, 6) is -2.50. The zero-order valence-electron chi connectivity index (χ0n) is 39.1. The highest BCUT2D eigenvalue weighted by atomic mass is 16.4. The number of hydrogen-bond donors (Lipinski definition) is 3. The molecule has 59 heavy (non-hydrogen) atoms. The first kappa shape index (κ1) is 57.1. The third-order valence-electron chi connectivity index (χ3n) is 12.1. The summed E-state index contributed by atoms with van der Waals surface area (Å²) in [6, 6.07) is 0. The molecule has 0 saturated heterocycles. The number of hydrogen-bond acceptors (Lipinski definition) is 6. The summed E-state index contributed by atoms with van der Waals surface area (Å²) in [6.45, 7) is 5.53. The van der Waals surface area contributed by atoms with Crippen molar-refractivity contribution < 1.29 is 29.7 Å². The smallest absolute Gasteiger partial charge is 0.219 e. The molecule has 0 amide bonds. The zero-order chi connectivity index (χ0) is 43.6. The molecule has 0 aliphatic heterocycles. The van der Waals surface area contributed by atoms with Gasteiger partial charge >= 0.3 is 0 Å². The van der Waals surface area contributed by atoms with E-state index in [9.17, 15) is 29.7 Å². The van der Waals surface area contributed by atoms with Gasteiger partial charge in [0.25, 0.3) is 0 Å². The predicted molar refractivity (Wildman–Crippen MR) is 252 cm³/mol. The van der Waals surface area contributed by atoms with Crippen LogP contribution < -0.4 is 0 Å². The van der Waals surface area contributed by atoms with Crippen molar-refractivity contribution in [2.45, 2.75) is 276 Å². The van der Waals surface area contributed by atoms with Gasteiger partial charge in [-0.15, -0.1) is 0 Å². The summed E-state index contributed by atoms with van der Waals surface area (Å²) in [4.78, 5) is 41.1. The monoisotopic (exact) mass is 829 g/mol. The summed E-state index contributed by atoms with van der Waals surface area (Å²) < 4.78 is 0. The van der Waals surface area contributed by atoms with Gasteiger partial charge in [-0.25, -0.2) is 0 Å². The maximum Gasteiger partial charge on any atom is 0.219 e. The van der Waals surface area contributed by atoms with Crippen LogP contribution in [0.3, 0.4) is 0 Å². The van der Waals surface area contributed by atoms with Crippen LogP contribution in [-0.2, 0) is 14.4 Å². The van der Waals surface area contributed by atoms with Crippen molar-refractivity contribution in [3.05, 3.63) is 36.5 Å². The summed E-state index contributed by atoms with van der Waals surface area (Å²) in [7, 11) is 0. The Morgan fingerprint density at radius 1 is 0.356 bits per heavy atom. The van der Waals surface area contributed by atoms with Gasteiger partial charge in [0.05, 0.1) is 6.61 Å². The molecule has 0 aromatic heterocycles. The van der Waals surface area contributed by atoms with E-state index < -0.39 is 35.2 Å². The first-order valence-electron chi connectivity index (χ1n) is 25.4. The SMILES string of the molecule is CCCCC/C=C\C/C=C\CCCCCCCC(=O)C(O)(C(=O)CCCCCCC/C=C\CCCCCC)C(O)(CO)C(=O)CCCCCCCCCCCCCCC. The third-order valence-corrected chi connectivity index (χ3v) is 12.1. The summed E-state index contributed by atoms with van der Waals surface area (Å²) in [6.07, 6.45) is 50.7. The predicted octanol–water partition coefficient (Wildman–Crippen LogP) is 14.7. The van der Waals surface area contributed by atoms with Crippen LogP contribution in [0, 0.1) is 0 Å². The molecule has 0 aromatic rings. The van der Waals surface area contributed by atoms with Gasteiger partial charge in [0, 0.05) is 19.3 Å². The Morgan fingerprint density at radius 3 is 0.966 bits per heavy atom. The van der Waals surface area contributed by atoms with Gasteiger partial charge < -0.3 is 15.3 Å².